The fourth-order valence-corrected chi connectivity index (χ4v) is 3.32. The number of aryl methyl sites for hydroxylation is 1. The number of aliphatic imine (C=N–C) groups is 1. The molecule has 1 aliphatic rings. The summed E-state index contributed by atoms with van der Waals surface area (Å²) in [5.74, 6) is 1.89. The van der Waals surface area contributed by atoms with Crippen molar-refractivity contribution in [1.29, 1.82) is 5.26 Å². The molecular formula is C22H29IN6. The molecular weight excluding hydrogens is 475 g/mol. The minimum absolute atomic E-state index is 0. The van der Waals surface area contributed by atoms with Gasteiger partial charge in [0.15, 0.2) is 5.96 Å². The van der Waals surface area contributed by atoms with Crippen molar-refractivity contribution >= 4 is 35.8 Å². The highest BCUT2D eigenvalue weighted by molar-refractivity contribution is 14.0. The van der Waals surface area contributed by atoms with Crippen LogP contribution in [0.4, 0.5) is 5.82 Å². The molecule has 7 heteroatoms. The number of nitrogens with zero attached hydrogens (tertiary/aromatic N) is 4. The second kappa shape index (κ2) is 11.6. The van der Waals surface area contributed by atoms with Gasteiger partial charge in [-0.05, 0) is 56.0 Å². The van der Waals surface area contributed by atoms with Gasteiger partial charge in [0.1, 0.15) is 5.82 Å². The molecule has 0 bridgehead atoms. The summed E-state index contributed by atoms with van der Waals surface area (Å²) in [7, 11) is 0. The van der Waals surface area contributed by atoms with Crippen molar-refractivity contribution in [2.24, 2.45) is 4.99 Å². The van der Waals surface area contributed by atoms with E-state index in [1.165, 1.54) is 5.56 Å². The molecule has 1 saturated heterocycles. The summed E-state index contributed by atoms with van der Waals surface area (Å²) in [6.45, 7) is 7.46. The third-order valence-corrected chi connectivity index (χ3v) is 4.88. The third kappa shape index (κ3) is 6.89. The van der Waals surface area contributed by atoms with Gasteiger partial charge in [0.05, 0.1) is 18.2 Å². The van der Waals surface area contributed by atoms with Crippen LogP contribution in [0.5, 0.6) is 0 Å². The van der Waals surface area contributed by atoms with E-state index in [0.29, 0.717) is 18.2 Å². The number of pyridine rings is 1. The average molecular weight is 504 g/mol. The van der Waals surface area contributed by atoms with Crippen molar-refractivity contribution in [3.8, 4) is 6.07 Å². The summed E-state index contributed by atoms with van der Waals surface area (Å²) in [4.78, 5) is 11.6. The summed E-state index contributed by atoms with van der Waals surface area (Å²) in [6.07, 6.45) is 4.02. The van der Waals surface area contributed by atoms with Crippen LogP contribution in [0.2, 0.25) is 0 Å². The smallest absolute Gasteiger partial charge is 0.191 e. The van der Waals surface area contributed by atoms with Crippen LogP contribution in [0.15, 0.2) is 47.6 Å². The van der Waals surface area contributed by atoms with Crippen LogP contribution in [-0.4, -0.2) is 36.6 Å². The second-order valence-electron chi connectivity index (χ2n) is 7.11. The van der Waals surface area contributed by atoms with Gasteiger partial charge in [0, 0.05) is 31.9 Å². The maximum Gasteiger partial charge on any atom is 0.191 e. The molecule has 1 aromatic carbocycles. The average Bonchev–Trinajstić information content (AvgIpc) is 2.73. The zero-order valence-electron chi connectivity index (χ0n) is 17.1. The first-order valence-electron chi connectivity index (χ1n) is 9.89. The highest BCUT2D eigenvalue weighted by Gasteiger charge is 2.20. The predicted octanol–water partition coefficient (Wildman–Crippen LogP) is 3.60. The van der Waals surface area contributed by atoms with Crippen molar-refractivity contribution in [1.82, 2.24) is 15.6 Å². The third-order valence-electron chi connectivity index (χ3n) is 4.88. The van der Waals surface area contributed by atoms with Crippen molar-refractivity contribution in [3.05, 3.63) is 59.3 Å². The van der Waals surface area contributed by atoms with Gasteiger partial charge >= 0.3 is 0 Å². The zero-order valence-corrected chi connectivity index (χ0v) is 19.4. The highest BCUT2D eigenvalue weighted by Crippen LogP contribution is 2.18. The molecule has 1 aliphatic heterocycles. The van der Waals surface area contributed by atoms with Gasteiger partial charge in [-0.1, -0.05) is 18.2 Å². The molecule has 29 heavy (non-hydrogen) atoms. The normalized spacial score (nSPS) is 14.7. The van der Waals surface area contributed by atoms with E-state index < -0.39 is 0 Å². The fraction of sp³-hybridized carbons (Fsp3) is 0.409. The Morgan fingerprint density at radius 2 is 2.07 bits per heavy atom. The molecule has 0 atom stereocenters. The largest absolute Gasteiger partial charge is 0.357 e. The first-order chi connectivity index (χ1) is 13.7. The predicted molar refractivity (Wildman–Crippen MR) is 129 cm³/mol. The number of rotatable bonds is 5. The maximum atomic E-state index is 9.04. The molecule has 3 rings (SSSR count). The number of guanidine groups is 1. The maximum absolute atomic E-state index is 9.04. The Bertz CT molecular complexity index is 835. The van der Waals surface area contributed by atoms with Crippen LogP contribution in [0, 0.1) is 18.3 Å². The van der Waals surface area contributed by atoms with Crippen molar-refractivity contribution in [2.45, 2.75) is 39.3 Å². The molecule has 6 nitrogen and oxygen atoms in total. The Labute approximate surface area is 190 Å². The van der Waals surface area contributed by atoms with Gasteiger partial charge in [0.2, 0.25) is 0 Å². The van der Waals surface area contributed by atoms with Crippen LogP contribution in [-0.2, 0) is 6.54 Å². The van der Waals surface area contributed by atoms with Crippen LogP contribution in [0.3, 0.4) is 0 Å². The van der Waals surface area contributed by atoms with Crippen molar-refractivity contribution in [3.63, 3.8) is 0 Å². The van der Waals surface area contributed by atoms with Crippen LogP contribution >= 0.6 is 24.0 Å². The summed E-state index contributed by atoms with van der Waals surface area (Å²) in [6, 6.07) is 14.4. The van der Waals surface area contributed by atoms with Gasteiger partial charge in [-0.15, -0.1) is 24.0 Å². The second-order valence-corrected chi connectivity index (χ2v) is 7.11. The molecule has 0 aliphatic carbocycles. The quantitative estimate of drug-likeness (QED) is 0.370. The standard InChI is InChI=1S/C22H28N6.HI/c1-3-24-22(26-16-19-6-4-5-18(13-19)14-23)27-20-9-11-28(12-10-20)21-8-7-17(2)15-25-21;/h4-8,13,15,20H,3,9-12,16H2,1-2H3,(H2,24,26,27);1H. The molecule has 2 heterocycles. The topological polar surface area (TPSA) is 76.3 Å². The Hall–Kier alpha value is -2.34. The number of aromatic nitrogens is 1. The first kappa shape index (κ1) is 22.9. The van der Waals surface area contributed by atoms with E-state index in [-0.39, 0.29) is 24.0 Å². The summed E-state index contributed by atoms with van der Waals surface area (Å²) >= 11 is 0. The van der Waals surface area contributed by atoms with E-state index in [2.05, 4.69) is 52.6 Å². The van der Waals surface area contributed by atoms with E-state index in [1.54, 1.807) is 0 Å². The lowest BCUT2D eigenvalue weighted by Gasteiger charge is -2.33. The monoisotopic (exact) mass is 504 g/mol. The number of anilines is 1. The van der Waals surface area contributed by atoms with Gasteiger partial charge in [0.25, 0.3) is 0 Å². The highest BCUT2D eigenvalue weighted by atomic mass is 127. The van der Waals surface area contributed by atoms with Crippen molar-refractivity contribution < 1.29 is 0 Å². The van der Waals surface area contributed by atoms with E-state index in [1.807, 2.05) is 30.5 Å². The number of benzene rings is 1. The Morgan fingerprint density at radius 3 is 2.72 bits per heavy atom. The van der Waals surface area contributed by atoms with Gasteiger partial charge < -0.3 is 15.5 Å². The molecule has 2 aromatic rings. The van der Waals surface area contributed by atoms with Crippen molar-refractivity contribution in [2.75, 3.05) is 24.5 Å². The lowest BCUT2D eigenvalue weighted by Crippen LogP contribution is -2.48. The SMILES string of the molecule is CCNC(=NCc1cccc(C#N)c1)NC1CCN(c2ccc(C)cn2)CC1.I. The molecule has 1 aromatic heterocycles. The molecule has 0 spiro atoms. The van der Waals surface area contributed by atoms with Crippen LogP contribution < -0.4 is 15.5 Å². The number of nitriles is 1. The molecule has 1 fully saturated rings. The lowest BCUT2D eigenvalue weighted by atomic mass is 10.1. The minimum atomic E-state index is 0. The van der Waals surface area contributed by atoms with E-state index in [9.17, 15) is 0 Å². The number of nitrogens with one attached hydrogen (secondary N) is 2. The molecule has 0 saturated carbocycles. The van der Waals surface area contributed by atoms with Gasteiger partial charge in [-0.2, -0.15) is 5.26 Å². The Balaban J connectivity index is 0.00000300. The van der Waals surface area contributed by atoms with Crippen LogP contribution in [0.25, 0.3) is 0 Å². The van der Waals surface area contributed by atoms with Crippen LogP contribution in [0.1, 0.15) is 36.5 Å². The number of hydrogen-bond acceptors (Lipinski definition) is 4. The van der Waals surface area contributed by atoms with E-state index >= 15 is 0 Å². The molecule has 2 N–H and O–H groups in total. The molecule has 154 valence electrons. The molecule has 0 unspecified atom stereocenters. The first-order valence-corrected chi connectivity index (χ1v) is 9.89. The fourth-order valence-electron chi connectivity index (χ4n) is 3.32. The molecule has 0 radical (unpaired) electrons. The van der Waals surface area contributed by atoms with Gasteiger partial charge in [-0.3, -0.25) is 0 Å². The Kier molecular flexibility index (Phi) is 9.19. The minimum Gasteiger partial charge on any atom is -0.357 e. The lowest BCUT2D eigenvalue weighted by molar-refractivity contribution is 0.459. The summed E-state index contributed by atoms with van der Waals surface area (Å²) in [5, 5.41) is 15.9. The van der Waals surface area contributed by atoms with Gasteiger partial charge in [-0.25, -0.2) is 9.98 Å². The van der Waals surface area contributed by atoms with E-state index in [0.717, 1.165) is 49.8 Å². The number of hydrogen-bond donors (Lipinski definition) is 2. The summed E-state index contributed by atoms with van der Waals surface area (Å²) < 4.78 is 0. The van der Waals surface area contributed by atoms with E-state index in [4.69, 9.17) is 10.3 Å². The number of halogens is 1. The number of piperidine rings is 1. The Morgan fingerprint density at radius 1 is 1.28 bits per heavy atom. The molecule has 0 amide bonds. The zero-order chi connectivity index (χ0) is 19.8. The summed E-state index contributed by atoms with van der Waals surface area (Å²) in [5.41, 5.74) is 2.89.